The van der Waals surface area contributed by atoms with Crippen LogP contribution in [0.5, 0.6) is 0 Å². The quantitative estimate of drug-likeness (QED) is 0.525. The van der Waals surface area contributed by atoms with Crippen LogP contribution in [-0.4, -0.2) is 20.0 Å². The summed E-state index contributed by atoms with van der Waals surface area (Å²) in [6.07, 6.45) is 3.34. The molecule has 0 spiro atoms. The lowest BCUT2D eigenvalue weighted by Crippen LogP contribution is -2.44. The van der Waals surface area contributed by atoms with Crippen molar-refractivity contribution in [2.24, 2.45) is 0 Å². The van der Waals surface area contributed by atoms with E-state index < -0.39 is 11.7 Å². The van der Waals surface area contributed by atoms with E-state index in [2.05, 4.69) is 10.3 Å². The van der Waals surface area contributed by atoms with Crippen LogP contribution in [0.4, 0.5) is 0 Å². The molecule has 0 saturated heterocycles. The number of carbonyl (C=O) groups is 1. The number of nitrogens with one attached hydrogen (secondary N) is 1. The van der Waals surface area contributed by atoms with Gasteiger partial charge in [0.15, 0.2) is 0 Å². The summed E-state index contributed by atoms with van der Waals surface area (Å²) in [5.41, 5.74) is 1.23. The molecule has 1 amide bonds. The van der Waals surface area contributed by atoms with Crippen LogP contribution in [0.15, 0.2) is 88.7 Å². The van der Waals surface area contributed by atoms with E-state index in [1.54, 1.807) is 49.6 Å². The van der Waals surface area contributed by atoms with Gasteiger partial charge in [0.25, 0.3) is 5.56 Å². The number of amides is 1. The Hall–Kier alpha value is -4.00. The van der Waals surface area contributed by atoms with Gasteiger partial charge in [0.05, 0.1) is 17.4 Å². The molecular weight excluding hydrogens is 392 g/mol. The van der Waals surface area contributed by atoms with Crippen LogP contribution in [0.1, 0.15) is 24.1 Å². The molecule has 0 radical (unpaired) electrons. The number of nitrogens with zero attached hydrogens (tertiary/aromatic N) is 3. The van der Waals surface area contributed by atoms with Crippen molar-refractivity contribution >= 4 is 16.8 Å². The van der Waals surface area contributed by atoms with Crippen molar-refractivity contribution in [1.29, 1.82) is 0 Å². The monoisotopic (exact) mass is 414 g/mol. The second-order valence-corrected chi connectivity index (χ2v) is 7.30. The molecule has 31 heavy (non-hydrogen) atoms. The Bertz CT molecular complexity index is 1330. The maximum absolute atomic E-state index is 13.4. The topological polar surface area (TPSA) is 86.0 Å². The Morgan fingerprint density at radius 3 is 2.42 bits per heavy atom. The Morgan fingerprint density at radius 1 is 0.968 bits per heavy atom. The van der Waals surface area contributed by atoms with E-state index in [4.69, 9.17) is 0 Å². The fourth-order valence-corrected chi connectivity index (χ4v) is 3.57. The number of hydrogen-bond acceptors (Lipinski definition) is 4. The van der Waals surface area contributed by atoms with Crippen LogP contribution >= 0.6 is 0 Å². The van der Waals surface area contributed by atoms with Crippen molar-refractivity contribution in [2.45, 2.75) is 26.1 Å². The van der Waals surface area contributed by atoms with E-state index in [-0.39, 0.29) is 18.0 Å². The molecule has 2 aromatic carbocycles. The Kier molecular flexibility index (Phi) is 5.75. The van der Waals surface area contributed by atoms with Gasteiger partial charge in [-0.3, -0.25) is 23.7 Å². The molecule has 0 bridgehead atoms. The minimum atomic E-state index is -0.809. The Balaban J connectivity index is 1.74. The zero-order valence-electron chi connectivity index (χ0n) is 17.1. The molecule has 0 aliphatic rings. The van der Waals surface area contributed by atoms with Crippen LogP contribution < -0.4 is 16.6 Å². The zero-order valence-corrected chi connectivity index (χ0v) is 17.1. The van der Waals surface area contributed by atoms with E-state index in [1.165, 1.54) is 9.13 Å². The second-order valence-electron chi connectivity index (χ2n) is 7.30. The summed E-state index contributed by atoms with van der Waals surface area (Å²) < 4.78 is 2.57. The first kappa shape index (κ1) is 20.3. The first-order chi connectivity index (χ1) is 15.1. The zero-order chi connectivity index (χ0) is 21.8. The van der Waals surface area contributed by atoms with Gasteiger partial charge >= 0.3 is 5.69 Å². The maximum atomic E-state index is 13.4. The number of benzene rings is 2. The molecule has 0 saturated carbocycles. The SMILES string of the molecule is CC(C(=O)NCc1cccnc1)n1c(=O)n(Cc2ccccc2)c(=O)c2ccccc21. The van der Waals surface area contributed by atoms with Crippen molar-refractivity contribution in [2.75, 3.05) is 0 Å². The van der Waals surface area contributed by atoms with E-state index in [0.717, 1.165) is 11.1 Å². The summed E-state index contributed by atoms with van der Waals surface area (Å²) in [5.74, 6) is -0.319. The lowest BCUT2D eigenvalue weighted by atomic mass is 10.2. The standard InChI is InChI=1S/C24H22N4O3/c1-17(22(29)26-15-19-10-7-13-25-14-19)28-21-12-6-5-11-20(21)23(30)27(24(28)31)16-18-8-3-2-4-9-18/h2-14,17H,15-16H2,1H3,(H,26,29). The van der Waals surface area contributed by atoms with E-state index in [0.29, 0.717) is 17.4 Å². The number of rotatable bonds is 6. The number of carbonyl (C=O) groups excluding carboxylic acids is 1. The number of fused-ring (bicyclic) bond motifs is 1. The third kappa shape index (κ3) is 4.16. The molecule has 1 unspecified atom stereocenters. The summed E-state index contributed by atoms with van der Waals surface area (Å²) in [5, 5.41) is 3.24. The Morgan fingerprint density at radius 2 is 1.68 bits per heavy atom. The molecule has 1 N–H and O–H groups in total. The summed E-state index contributed by atoms with van der Waals surface area (Å²) >= 11 is 0. The fourth-order valence-electron chi connectivity index (χ4n) is 3.57. The maximum Gasteiger partial charge on any atom is 0.332 e. The largest absolute Gasteiger partial charge is 0.350 e. The number of hydrogen-bond donors (Lipinski definition) is 1. The van der Waals surface area contributed by atoms with Crippen LogP contribution in [0.2, 0.25) is 0 Å². The summed E-state index contributed by atoms with van der Waals surface area (Å²) in [4.78, 5) is 43.3. The Labute approximate surface area is 178 Å². The third-order valence-corrected chi connectivity index (χ3v) is 5.22. The van der Waals surface area contributed by atoms with Crippen LogP contribution in [0.3, 0.4) is 0 Å². The molecule has 7 heteroatoms. The molecule has 4 rings (SSSR count). The van der Waals surface area contributed by atoms with Gasteiger partial charge in [-0.05, 0) is 36.2 Å². The van der Waals surface area contributed by atoms with Crippen LogP contribution in [-0.2, 0) is 17.9 Å². The van der Waals surface area contributed by atoms with E-state index in [1.807, 2.05) is 36.4 Å². The first-order valence-corrected chi connectivity index (χ1v) is 10.0. The summed E-state index contributed by atoms with van der Waals surface area (Å²) in [6, 6.07) is 19.0. The number of pyridine rings is 1. The fraction of sp³-hybridized carbons (Fsp3) is 0.167. The predicted octanol–water partition coefficient (Wildman–Crippen LogP) is 2.48. The van der Waals surface area contributed by atoms with Crippen molar-refractivity contribution in [3.05, 3.63) is 111 Å². The number of aromatic nitrogens is 3. The second kappa shape index (κ2) is 8.79. The van der Waals surface area contributed by atoms with Crippen molar-refractivity contribution in [3.63, 3.8) is 0 Å². The van der Waals surface area contributed by atoms with Gasteiger partial charge in [-0.2, -0.15) is 0 Å². The van der Waals surface area contributed by atoms with Gasteiger partial charge < -0.3 is 5.32 Å². The molecule has 0 aliphatic carbocycles. The summed E-state index contributed by atoms with van der Waals surface area (Å²) in [6.45, 7) is 2.09. The molecule has 7 nitrogen and oxygen atoms in total. The van der Waals surface area contributed by atoms with Crippen molar-refractivity contribution in [1.82, 2.24) is 19.4 Å². The normalized spacial score (nSPS) is 11.9. The highest BCUT2D eigenvalue weighted by atomic mass is 16.2. The molecule has 2 heterocycles. The highest BCUT2D eigenvalue weighted by molar-refractivity contribution is 5.84. The lowest BCUT2D eigenvalue weighted by molar-refractivity contribution is -0.124. The summed E-state index contributed by atoms with van der Waals surface area (Å²) in [7, 11) is 0. The van der Waals surface area contributed by atoms with Gasteiger partial charge in [-0.1, -0.05) is 48.5 Å². The van der Waals surface area contributed by atoms with Gasteiger partial charge in [0, 0.05) is 18.9 Å². The molecule has 0 aliphatic heterocycles. The molecule has 156 valence electrons. The minimum absolute atomic E-state index is 0.132. The van der Waals surface area contributed by atoms with Gasteiger partial charge in [-0.25, -0.2) is 4.79 Å². The average molecular weight is 414 g/mol. The average Bonchev–Trinajstić information content (AvgIpc) is 2.81. The van der Waals surface area contributed by atoms with Gasteiger partial charge in [-0.15, -0.1) is 0 Å². The molecule has 4 aromatic rings. The highest BCUT2D eigenvalue weighted by Gasteiger charge is 2.22. The lowest BCUT2D eigenvalue weighted by Gasteiger charge is -2.19. The smallest absolute Gasteiger partial charge is 0.332 e. The first-order valence-electron chi connectivity index (χ1n) is 10.0. The van der Waals surface area contributed by atoms with E-state index in [9.17, 15) is 14.4 Å². The molecule has 1 atom stereocenters. The predicted molar refractivity (Wildman–Crippen MR) is 119 cm³/mol. The molecule has 2 aromatic heterocycles. The third-order valence-electron chi connectivity index (χ3n) is 5.22. The minimum Gasteiger partial charge on any atom is -0.350 e. The van der Waals surface area contributed by atoms with E-state index >= 15 is 0 Å². The van der Waals surface area contributed by atoms with Crippen LogP contribution in [0, 0.1) is 0 Å². The molecular formula is C24H22N4O3. The number of para-hydroxylation sites is 1. The van der Waals surface area contributed by atoms with Crippen molar-refractivity contribution in [3.8, 4) is 0 Å². The molecule has 0 fully saturated rings. The van der Waals surface area contributed by atoms with Crippen molar-refractivity contribution < 1.29 is 4.79 Å². The highest BCUT2D eigenvalue weighted by Crippen LogP contribution is 2.14. The van der Waals surface area contributed by atoms with Crippen LogP contribution in [0.25, 0.3) is 10.9 Å². The van der Waals surface area contributed by atoms with Gasteiger partial charge in [0.1, 0.15) is 6.04 Å². The van der Waals surface area contributed by atoms with Gasteiger partial charge in [0.2, 0.25) is 5.91 Å².